The van der Waals surface area contributed by atoms with Crippen LogP contribution in [0.1, 0.15) is 24.9 Å². The molecule has 1 aromatic carbocycles. The van der Waals surface area contributed by atoms with Crippen LogP contribution in [0.3, 0.4) is 0 Å². The maximum absolute atomic E-state index is 5.94. The van der Waals surface area contributed by atoms with Gasteiger partial charge in [-0.1, -0.05) is 19.1 Å². The fraction of sp³-hybridized carbons (Fsp3) is 0.538. The minimum absolute atomic E-state index is 0.135. The molecule has 1 rings (SSSR count). The lowest BCUT2D eigenvalue weighted by Gasteiger charge is -2.12. The number of benzene rings is 1. The van der Waals surface area contributed by atoms with Gasteiger partial charge in [-0.2, -0.15) is 0 Å². The molecule has 0 aliphatic carbocycles. The number of nitrogens with zero attached hydrogens (tertiary/aromatic N) is 1. The van der Waals surface area contributed by atoms with Gasteiger partial charge >= 0.3 is 0 Å². The van der Waals surface area contributed by atoms with Gasteiger partial charge in [-0.3, -0.25) is 0 Å². The molecule has 0 aliphatic rings. The van der Waals surface area contributed by atoms with Crippen LogP contribution in [0.5, 0.6) is 5.75 Å². The Morgan fingerprint density at radius 3 is 2.38 bits per heavy atom. The Morgan fingerprint density at radius 2 is 1.88 bits per heavy atom. The summed E-state index contributed by atoms with van der Waals surface area (Å²) in [6.07, 6.45) is 0.959. The van der Waals surface area contributed by atoms with E-state index in [2.05, 4.69) is 11.8 Å². The van der Waals surface area contributed by atoms with Crippen LogP contribution in [0.25, 0.3) is 0 Å². The van der Waals surface area contributed by atoms with Gasteiger partial charge in [-0.25, -0.2) is 0 Å². The van der Waals surface area contributed by atoms with Crippen molar-refractivity contribution in [1.82, 2.24) is 4.90 Å². The second-order valence-electron chi connectivity index (χ2n) is 4.24. The summed E-state index contributed by atoms with van der Waals surface area (Å²) in [7, 11) is 4.07. The highest BCUT2D eigenvalue weighted by atomic mass is 16.5. The minimum atomic E-state index is 0.135. The number of ether oxygens (including phenoxy) is 1. The summed E-state index contributed by atoms with van der Waals surface area (Å²) in [4.78, 5) is 2.10. The first-order chi connectivity index (χ1) is 7.63. The van der Waals surface area contributed by atoms with Gasteiger partial charge in [0.1, 0.15) is 12.4 Å². The molecule has 1 unspecified atom stereocenters. The van der Waals surface area contributed by atoms with E-state index < -0.39 is 0 Å². The summed E-state index contributed by atoms with van der Waals surface area (Å²) in [5.74, 6) is 0.911. The fourth-order valence-electron chi connectivity index (χ4n) is 1.39. The summed E-state index contributed by atoms with van der Waals surface area (Å²) >= 11 is 0. The quantitative estimate of drug-likeness (QED) is 0.800. The molecule has 3 heteroatoms. The molecule has 0 saturated carbocycles. The van der Waals surface area contributed by atoms with E-state index in [1.54, 1.807) is 0 Å². The molecular formula is C13H22N2O. The van der Waals surface area contributed by atoms with E-state index in [0.717, 1.165) is 18.7 Å². The highest BCUT2D eigenvalue weighted by Crippen LogP contribution is 2.18. The van der Waals surface area contributed by atoms with E-state index in [1.807, 2.05) is 38.4 Å². The maximum Gasteiger partial charge on any atom is 0.119 e. The largest absolute Gasteiger partial charge is 0.492 e. The molecule has 0 fully saturated rings. The molecule has 0 amide bonds. The van der Waals surface area contributed by atoms with Crippen molar-refractivity contribution < 1.29 is 4.74 Å². The molecule has 16 heavy (non-hydrogen) atoms. The van der Waals surface area contributed by atoms with Crippen LogP contribution in [0, 0.1) is 0 Å². The second-order valence-corrected chi connectivity index (χ2v) is 4.24. The standard InChI is InChI=1S/C13H22N2O/c1-4-13(14)11-5-7-12(8-6-11)16-10-9-15(2)3/h5-8,13H,4,9-10,14H2,1-3H3. The zero-order chi connectivity index (χ0) is 12.0. The highest BCUT2D eigenvalue weighted by molar-refractivity contribution is 5.28. The number of hydrogen-bond donors (Lipinski definition) is 1. The van der Waals surface area contributed by atoms with Gasteiger partial charge in [0.2, 0.25) is 0 Å². The van der Waals surface area contributed by atoms with Crippen molar-refractivity contribution in [3.05, 3.63) is 29.8 Å². The average molecular weight is 222 g/mol. The van der Waals surface area contributed by atoms with Gasteiger partial charge in [-0.05, 0) is 38.2 Å². The smallest absolute Gasteiger partial charge is 0.119 e. The van der Waals surface area contributed by atoms with E-state index >= 15 is 0 Å². The summed E-state index contributed by atoms with van der Waals surface area (Å²) in [6, 6.07) is 8.19. The van der Waals surface area contributed by atoms with Crippen LogP contribution in [0.4, 0.5) is 0 Å². The topological polar surface area (TPSA) is 38.5 Å². The molecule has 3 nitrogen and oxygen atoms in total. The Labute approximate surface area is 98.2 Å². The number of rotatable bonds is 6. The van der Waals surface area contributed by atoms with Gasteiger partial charge in [0.25, 0.3) is 0 Å². The van der Waals surface area contributed by atoms with Gasteiger partial charge in [0.05, 0.1) is 0 Å². The van der Waals surface area contributed by atoms with Crippen LogP contribution >= 0.6 is 0 Å². The Kier molecular flexibility index (Phi) is 5.29. The molecule has 0 bridgehead atoms. The van der Waals surface area contributed by atoms with Crippen LogP contribution in [-0.4, -0.2) is 32.1 Å². The first kappa shape index (κ1) is 13.0. The van der Waals surface area contributed by atoms with Gasteiger partial charge in [0.15, 0.2) is 0 Å². The lowest BCUT2D eigenvalue weighted by Crippen LogP contribution is -2.19. The molecule has 0 heterocycles. The van der Waals surface area contributed by atoms with Crippen molar-refractivity contribution in [3.8, 4) is 5.75 Å². The Morgan fingerprint density at radius 1 is 1.25 bits per heavy atom. The predicted molar refractivity (Wildman–Crippen MR) is 67.7 cm³/mol. The SMILES string of the molecule is CCC(N)c1ccc(OCCN(C)C)cc1. The van der Waals surface area contributed by atoms with Crippen molar-refractivity contribution in [3.63, 3.8) is 0 Å². The maximum atomic E-state index is 5.94. The van der Waals surface area contributed by atoms with Crippen molar-refractivity contribution in [2.24, 2.45) is 5.73 Å². The summed E-state index contributed by atoms with van der Waals surface area (Å²) in [5.41, 5.74) is 7.11. The van der Waals surface area contributed by atoms with Crippen molar-refractivity contribution >= 4 is 0 Å². The Balaban J connectivity index is 2.45. The number of hydrogen-bond acceptors (Lipinski definition) is 3. The summed E-state index contributed by atoms with van der Waals surface area (Å²) < 4.78 is 5.60. The normalized spacial score (nSPS) is 12.8. The lowest BCUT2D eigenvalue weighted by molar-refractivity contribution is 0.261. The molecule has 0 radical (unpaired) electrons. The predicted octanol–water partition coefficient (Wildman–Crippen LogP) is 2.04. The first-order valence-electron chi connectivity index (χ1n) is 5.76. The second kappa shape index (κ2) is 6.51. The molecule has 0 aliphatic heterocycles. The molecule has 1 aromatic rings. The zero-order valence-corrected chi connectivity index (χ0v) is 10.4. The van der Waals surface area contributed by atoms with Crippen LogP contribution < -0.4 is 10.5 Å². The summed E-state index contributed by atoms with van der Waals surface area (Å²) in [6.45, 7) is 3.73. The molecule has 0 saturated heterocycles. The molecular weight excluding hydrogens is 200 g/mol. The average Bonchev–Trinajstić information content (AvgIpc) is 2.28. The van der Waals surface area contributed by atoms with E-state index in [9.17, 15) is 0 Å². The first-order valence-corrected chi connectivity index (χ1v) is 5.76. The third kappa shape index (κ3) is 4.21. The van der Waals surface area contributed by atoms with Crippen molar-refractivity contribution in [2.75, 3.05) is 27.2 Å². The monoisotopic (exact) mass is 222 g/mol. The van der Waals surface area contributed by atoms with Crippen molar-refractivity contribution in [2.45, 2.75) is 19.4 Å². The molecule has 2 N–H and O–H groups in total. The van der Waals surface area contributed by atoms with Gasteiger partial charge in [0, 0.05) is 12.6 Å². The fourth-order valence-corrected chi connectivity index (χ4v) is 1.39. The third-order valence-corrected chi connectivity index (χ3v) is 2.56. The lowest BCUT2D eigenvalue weighted by atomic mass is 10.1. The third-order valence-electron chi connectivity index (χ3n) is 2.56. The number of likely N-dealkylation sites (N-methyl/N-ethyl adjacent to an activating group) is 1. The molecule has 90 valence electrons. The Bertz CT molecular complexity index is 295. The molecule has 0 aromatic heterocycles. The van der Waals surface area contributed by atoms with Gasteiger partial charge < -0.3 is 15.4 Å². The highest BCUT2D eigenvalue weighted by Gasteiger charge is 2.02. The molecule has 0 spiro atoms. The number of nitrogens with two attached hydrogens (primary N) is 1. The van der Waals surface area contributed by atoms with Crippen LogP contribution in [0.2, 0.25) is 0 Å². The van der Waals surface area contributed by atoms with Gasteiger partial charge in [-0.15, -0.1) is 0 Å². The zero-order valence-electron chi connectivity index (χ0n) is 10.4. The van der Waals surface area contributed by atoms with E-state index in [4.69, 9.17) is 10.5 Å². The van der Waals surface area contributed by atoms with E-state index in [1.165, 1.54) is 5.56 Å². The van der Waals surface area contributed by atoms with E-state index in [-0.39, 0.29) is 6.04 Å². The van der Waals surface area contributed by atoms with E-state index in [0.29, 0.717) is 6.61 Å². The van der Waals surface area contributed by atoms with Crippen LogP contribution in [-0.2, 0) is 0 Å². The summed E-state index contributed by atoms with van der Waals surface area (Å²) in [5, 5.41) is 0. The Hall–Kier alpha value is -1.06. The van der Waals surface area contributed by atoms with Crippen LogP contribution in [0.15, 0.2) is 24.3 Å². The van der Waals surface area contributed by atoms with Crippen molar-refractivity contribution in [1.29, 1.82) is 0 Å². The minimum Gasteiger partial charge on any atom is -0.492 e. The molecule has 1 atom stereocenters.